The summed E-state index contributed by atoms with van der Waals surface area (Å²) in [5.41, 5.74) is 0.446. The van der Waals surface area contributed by atoms with Crippen molar-refractivity contribution in [1.82, 2.24) is 0 Å². The minimum atomic E-state index is -0.805. The molecule has 0 aromatic heterocycles. The van der Waals surface area contributed by atoms with Crippen LogP contribution in [0.1, 0.15) is 11.1 Å². The third-order valence-electron chi connectivity index (χ3n) is 3.77. The van der Waals surface area contributed by atoms with E-state index in [-0.39, 0.29) is 22.0 Å². The van der Waals surface area contributed by atoms with Gasteiger partial charge in [0, 0.05) is 12.1 Å². The third-order valence-corrected chi connectivity index (χ3v) is 4.09. The lowest BCUT2D eigenvalue weighted by Gasteiger charge is -2.10. The molecule has 28 heavy (non-hydrogen) atoms. The van der Waals surface area contributed by atoms with Crippen LogP contribution in [0.25, 0.3) is 6.08 Å². The molecule has 9 heteroatoms. The summed E-state index contributed by atoms with van der Waals surface area (Å²) >= 11 is 6.18. The molecular formula is C19H16ClN3O5. The van der Waals surface area contributed by atoms with Crippen molar-refractivity contribution in [1.29, 1.82) is 5.26 Å². The average Bonchev–Trinajstić information content (AvgIpc) is 2.67. The number of nitrogens with one attached hydrogen (secondary N) is 1. The van der Waals surface area contributed by atoms with Gasteiger partial charge in [-0.15, -0.1) is 0 Å². The Morgan fingerprint density at radius 1 is 1.25 bits per heavy atom. The van der Waals surface area contributed by atoms with Gasteiger partial charge in [-0.1, -0.05) is 17.7 Å². The van der Waals surface area contributed by atoms with E-state index < -0.39 is 10.8 Å². The summed E-state index contributed by atoms with van der Waals surface area (Å²) in [5.74, 6) is -0.0479. The SMILES string of the molecule is COc1cc(Cl)c(/C=C(\C#N)C(=O)Nc2ccc(C)cc2[N+](=O)[O-])cc1OC. The largest absolute Gasteiger partial charge is 0.493 e. The molecule has 0 saturated heterocycles. The maximum Gasteiger partial charge on any atom is 0.293 e. The lowest BCUT2D eigenvalue weighted by molar-refractivity contribution is -0.384. The maximum absolute atomic E-state index is 12.5. The van der Waals surface area contributed by atoms with E-state index in [1.807, 2.05) is 0 Å². The first-order chi connectivity index (χ1) is 13.3. The highest BCUT2D eigenvalue weighted by molar-refractivity contribution is 6.32. The normalized spacial score (nSPS) is 10.8. The summed E-state index contributed by atoms with van der Waals surface area (Å²) < 4.78 is 10.3. The molecule has 0 unspecified atom stereocenters. The van der Waals surface area contributed by atoms with E-state index in [1.54, 1.807) is 19.1 Å². The molecule has 8 nitrogen and oxygen atoms in total. The Morgan fingerprint density at radius 2 is 1.89 bits per heavy atom. The molecule has 1 N–H and O–H groups in total. The van der Waals surface area contributed by atoms with Crippen LogP contribution in [0.4, 0.5) is 11.4 Å². The second-order valence-corrected chi connectivity index (χ2v) is 6.04. The molecule has 0 atom stereocenters. The number of halogens is 1. The van der Waals surface area contributed by atoms with Crippen molar-refractivity contribution in [2.45, 2.75) is 6.92 Å². The highest BCUT2D eigenvalue weighted by Crippen LogP contribution is 2.34. The van der Waals surface area contributed by atoms with E-state index >= 15 is 0 Å². The van der Waals surface area contributed by atoms with Crippen molar-refractivity contribution in [3.8, 4) is 17.6 Å². The number of hydrogen-bond acceptors (Lipinski definition) is 6. The number of benzene rings is 2. The summed E-state index contributed by atoms with van der Waals surface area (Å²) in [6, 6.07) is 9.13. The van der Waals surface area contributed by atoms with Gasteiger partial charge >= 0.3 is 0 Å². The first-order valence-corrected chi connectivity index (χ1v) is 8.28. The molecule has 0 radical (unpaired) electrons. The van der Waals surface area contributed by atoms with Gasteiger partial charge in [-0.05, 0) is 36.3 Å². The average molecular weight is 402 g/mol. The molecule has 0 saturated carbocycles. The highest BCUT2D eigenvalue weighted by atomic mass is 35.5. The van der Waals surface area contributed by atoms with Crippen LogP contribution >= 0.6 is 11.6 Å². The summed E-state index contributed by atoms with van der Waals surface area (Å²) in [6.45, 7) is 1.69. The number of nitro groups is 1. The number of carbonyl (C=O) groups is 1. The Bertz CT molecular complexity index is 1010. The Hall–Kier alpha value is -3.57. The van der Waals surface area contributed by atoms with Crippen molar-refractivity contribution in [3.63, 3.8) is 0 Å². The van der Waals surface area contributed by atoms with E-state index in [0.29, 0.717) is 22.6 Å². The van der Waals surface area contributed by atoms with E-state index in [1.165, 1.54) is 44.6 Å². The van der Waals surface area contributed by atoms with Gasteiger partial charge in [0.1, 0.15) is 17.3 Å². The quantitative estimate of drug-likeness (QED) is 0.337. The van der Waals surface area contributed by atoms with Crippen LogP contribution in [0.2, 0.25) is 5.02 Å². The molecule has 2 rings (SSSR count). The molecule has 144 valence electrons. The van der Waals surface area contributed by atoms with Crippen molar-refractivity contribution in [2.75, 3.05) is 19.5 Å². The van der Waals surface area contributed by atoms with Crippen molar-refractivity contribution < 1.29 is 19.2 Å². The summed E-state index contributed by atoms with van der Waals surface area (Å²) in [7, 11) is 2.89. The molecule has 0 aliphatic rings. The molecule has 1 amide bonds. The Kier molecular flexibility index (Phi) is 6.58. The third kappa shape index (κ3) is 4.58. The number of amides is 1. The molecule has 0 spiro atoms. The molecule has 0 fully saturated rings. The number of hydrogen-bond donors (Lipinski definition) is 1. The number of anilines is 1. The van der Waals surface area contributed by atoms with Gasteiger partial charge < -0.3 is 14.8 Å². The predicted molar refractivity (Wildman–Crippen MR) is 105 cm³/mol. The minimum absolute atomic E-state index is 0.0137. The fraction of sp³-hybridized carbons (Fsp3) is 0.158. The lowest BCUT2D eigenvalue weighted by Crippen LogP contribution is -2.14. The number of nitro benzene ring substituents is 1. The minimum Gasteiger partial charge on any atom is -0.493 e. The maximum atomic E-state index is 12.5. The first-order valence-electron chi connectivity index (χ1n) is 7.90. The molecule has 0 heterocycles. The lowest BCUT2D eigenvalue weighted by atomic mass is 10.1. The van der Waals surface area contributed by atoms with Gasteiger partial charge in [0.05, 0.1) is 24.2 Å². The van der Waals surface area contributed by atoms with E-state index in [2.05, 4.69) is 5.32 Å². The molecular weight excluding hydrogens is 386 g/mol. The summed E-state index contributed by atoms with van der Waals surface area (Å²) in [5, 5.41) is 23.2. The summed E-state index contributed by atoms with van der Waals surface area (Å²) in [4.78, 5) is 23.1. The second-order valence-electron chi connectivity index (χ2n) is 5.63. The van der Waals surface area contributed by atoms with Crippen LogP contribution < -0.4 is 14.8 Å². The zero-order valence-corrected chi connectivity index (χ0v) is 16.0. The number of methoxy groups -OCH3 is 2. The highest BCUT2D eigenvalue weighted by Gasteiger charge is 2.19. The number of carbonyl (C=O) groups excluding carboxylic acids is 1. The number of rotatable bonds is 6. The number of aryl methyl sites for hydroxylation is 1. The summed E-state index contributed by atoms with van der Waals surface area (Å²) in [6.07, 6.45) is 1.26. The van der Waals surface area contributed by atoms with Crippen molar-refractivity contribution >= 4 is 35.0 Å². The van der Waals surface area contributed by atoms with Gasteiger partial charge in [-0.2, -0.15) is 5.26 Å². The van der Waals surface area contributed by atoms with Crippen LogP contribution in [-0.2, 0) is 4.79 Å². The van der Waals surface area contributed by atoms with Crippen LogP contribution in [0.3, 0.4) is 0 Å². The zero-order chi connectivity index (χ0) is 20.8. The van der Waals surface area contributed by atoms with Crippen molar-refractivity contribution in [2.24, 2.45) is 0 Å². The number of nitriles is 1. The molecule has 2 aromatic rings. The topological polar surface area (TPSA) is 114 Å². The van der Waals surface area contributed by atoms with Crippen LogP contribution in [-0.4, -0.2) is 25.1 Å². The fourth-order valence-corrected chi connectivity index (χ4v) is 2.58. The number of nitrogens with zero attached hydrogens (tertiary/aromatic N) is 2. The number of ether oxygens (including phenoxy) is 2. The van der Waals surface area contributed by atoms with Crippen molar-refractivity contribution in [3.05, 3.63) is 62.2 Å². The first kappa shape index (κ1) is 20.7. The Balaban J connectivity index is 2.40. The molecule has 0 aliphatic heterocycles. The fourth-order valence-electron chi connectivity index (χ4n) is 2.37. The van der Waals surface area contributed by atoms with Gasteiger partial charge in [0.15, 0.2) is 11.5 Å². The van der Waals surface area contributed by atoms with Gasteiger partial charge in [0.2, 0.25) is 0 Å². The van der Waals surface area contributed by atoms with Gasteiger partial charge in [-0.3, -0.25) is 14.9 Å². The zero-order valence-electron chi connectivity index (χ0n) is 15.3. The molecule has 0 bridgehead atoms. The van der Waals surface area contributed by atoms with Crippen LogP contribution in [0, 0.1) is 28.4 Å². The van der Waals surface area contributed by atoms with Crippen LogP contribution in [0.5, 0.6) is 11.5 Å². The Morgan fingerprint density at radius 3 is 2.46 bits per heavy atom. The van der Waals surface area contributed by atoms with Gasteiger partial charge in [0.25, 0.3) is 11.6 Å². The van der Waals surface area contributed by atoms with Gasteiger partial charge in [-0.25, -0.2) is 0 Å². The van der Waals surface area contributed by atoms with Crippen LogP contribution in [0.15, 0.2) is 35.9 Å². The Labute approximate surface area is 166 Å². The predicted octanol–water partition coefficient (Wildman–Crippen LogP) is 4.12. The van der Waals surface area contributed by atoms with E-state index in [9.17, 15) is 20.2 Å². The molecule has 2 aromatic carbocycles. The second kappa shape index (κ2) is 8.88. The molecule has 0 aliphatic carbocycles. The smallest absolute Gasteiger partial charge is 0.293 e. The standard InChI is InChI=1S/C19H16ClN3O5/c1-11-4-5-15(16(6-11)23(25)26)22-19(24)13(10-21)7-12-8-17(27-2)18(28-3)9-14(12)20/h4-9H,1-3H3,(H,22,24)/b13-7+. The van der Waals surface area contributed by atoms with E-state index in [4.69, 9.17) is 21.1 Å². The monoisotopic (exact) mass is 401 g/mol. The van der Waals surface area contributed by atoms with E-state index in [0.717, 1.165) is 0 Å².